The van der Waals surface area contributed by atoms with Gasteiger partial charge in [0, 0.05) is 4.90 Å². The highest BCUT2D eigenvalue weighted by molar-refractivity contribution is 8.01. The van der Waals surface area contributed by atoms with E-state index in [1.54, 1.807) is 18.2 Å². The second-order valence-corrected chi connectivity index (χ2v) is 3.61. The lowest BCUT2D eigenvalue weighted by molar-refractivity contribution is -0.156. The predicted octanol–water partition coefficient (Wildman–Crippen LogP) is 2.54. The van der Waals surface area contributed by atoms with Gasteiger partial charge in [0.05, 0.1) is 7.11 Å². The maximum absolute atomic E-state index is 13.0. The molecule has 0 radical (unpaired) electrons. The lowest BCUT2D eigenvalue weighted by atomic mass is 10.4. The van der Waals surface area contributed by atoms with E-state index in [-0.39, 0.29) is 11.8 Å². The summed E-state index contributed by atoms with van der Waals surface area (Å²) in [7, 11) is 0.932. The number of halogens is 2. The average molecular weight is 218 g/mol. The number of carbonyl (C=O) groups is 1. The Morgan fingerprint density at radius 1 is 1.36 bits per heavy atom. The molecule has 0 heterocycles. The van der Waals surface area contributed by atoms with Gasteiger partial charge in [-0.15, -0.1) is 0 Å². The van der Waals surface area contributed by atoms with Crippen molar-refractivity contribution in [2.75, 3.05) is 7.11 Å². The Hall–Kier alpha value is -1.10. The zero-order chi connectivity index (χ0) is 10.6. The monoisotopic (exact) mass is 218 g/mol. The molecule has 0 fully saturated rings. The van der Waals surface area contributed by atoms with Crippen molar-refractivity contribution in [3.05, 3.63) is 30.3 Å². The standard InChI is InChI=1S/C9H8F2O2S/c1-13-8(12)9(10,11)14-7-5-3-2-4-6-7/h2-6H,1H3. The molecule has 0 bridgehead atoms. The van der Waals surface area contributed by atoms with Gasteiger partial charge in [0.1, 0.15) is 0 Å². The minimum atomic E-state index is -3.53. The van der Waals surface area contributed by atoms with Crippen LogP contribution in [-0.4, -0.2) is 18.3 Å². The molecule has 76 valence electrons. The molecule has 0 saturated heterocycles. The number of alkyl halides is 2. The van der Waals surface area contributed by atoms with Crippen molar-refractivity contribution in [1.29, 1.82) is 0 Å². The minimum Gasteiger partial charge on any atom is -0.464 e. The zero-order valence-electron chi connectivity index (χ0n) is 7.37. The Morgan fingerprint density at radius 3 is 2.43 bits per heavy atom. The number of rotatable bonds is 3. The van der Waals surface area contributed by atoms with E-state index in [4.69, 9.17) is 0 Å². The van der Waals surface area contributed by atoms with Crippen LogP contribution in [0.25, 0.3) is 0 Å². The third-order valence-electron chi connectivity index (χ3n) is 1.41. The molecule has 1 aromatic rings. The Bertz CT molecular complexity index is 314. The van der Waals surface area contributed by atoms with Gasteiger partial charge < -0.3 is 4.74 Å². The Morgan fingerprint density at radius 2 is 1.93 bits per heavy atom. The quantitative estimate of drug-likeness (QED) is 0.576. The lowest BCUT2D eigenvalue weighted by Gasteiger charge is -2.12. The number of thioether (sulfide) groups is 1. The molecule has 0 aliphatic rings. The number of hydrogen-bond acceptors (Lipinski definition) is 3. The van der Waals surface area contributed by atoms with Gasteiger partial charge in [0.15, 0.2) is 0 Å². The molecule has 14 heavy (non-hydrogen) atoms. The van der Waals surface area contributed by atoms with E-state index in [0.29, 0.717) is 4.90 Å². The van der Waals surface area contributed by atoms with Crippen LogP contribution >= 0.6 is 11.8 Å². The Balaban J connectivity index is 2.73. The molecule has 0 aliphatic carbocycles. The van der Waals surface area contributed by atoms with Crippen LogP contribution in [0.4, 0.5) is 8.78 Å². The largest absolute Gasteiger partial charge is 0.464 e. The number of hydrogen-bond donors (Lipinski definition) is 0. The SMILES string of the molecule is COC(=O)C(F)(F)Sc1ccccc1. The number of methoxy groups -OCH3 is 1. The van der Waals surface area contributed by atoms with Crippen LogP contribution in [0.2, 0.25) is 0 Å². The highest BCUT2D eigenvalue weighted by Gasteiger charge is 2.41. The summed E-state index contributed by atoms with van der Waals surface area (Å²) in [5.74, 6) is -1.54. The van der Waals surface area contributed by atoms with Crippen LogP contribution in [0.3, 0.4) is 0 Å². The molecule has 0 N–H and O–H groups in total. The first-order valence-electron chi connectivity index (χ1n) is 3.76. The molecule has 0 spiro atoms. The van der Waals surface area contributed by atoms with Crippen molar-refractivity contribution >= 4 is 17.7 Å². The molecule has 0 atom stereocenters. The summed E-state index contributed by atoms with van der Waals surface area (Å²) in [4.78, 5) is 11.0. The van der Waals surface area contributed by atoms with Gasteiger partial charge in [-0.05, 0) is 23.9 Å². The molecule has 0 aliphatic heterocycles. The second-order valence-electron chi connectivity index (χ2n) is 2.42. The molecule has 1 aromatic carbocycles. The minimum absolute atomic E-state index is 0.171. The van der Waals surface area contributed by atoms with Crippen molar-refractivity contribution in [2.24, 2.45) is 0 Å². The normalized spacial score (nSPS) is 11.1. The van der Waals surface area contributed by atoms with E-state index >= 15 is 0 Å². The second kappa shape index (κ2) is 4.41. The van der Waals surface area contributed by atoms with Crippen LogP contribution in [0, 0.1) is 0 Å². The van der Waals surface area contributed by atoms with Crippen molar-refractivity contribution < 1.29 is 18.3 Å². The van der Waals surface area contributed by atoms with E-state index < -0.39 is 11.2 Å². The fourth-order valence-electron chi connectivity index (χ4n) is 0.797. The van der Waals surface area contributed by atoms with E-state index in [2.05, 4.69) is 4.74 Å². The van der Waals surface area contributed by atoms with Gasteiger partial charge in [0.25, 0.3) is 0 Å². The molecule has 5 heteroatoms. The molecule has 0 unspecified atom stereocenters. The van der Waals surface area contributed by atoms with Crippen LogP contribution in [0.1, 0.15) is 0 Å². The average Bonchev–Trinajstić information content (AvgIpc) is 2.17. The maximum Gasteiger partial charge on any atom is 0.393 e. The summed E-state index contributed by atoms with van der Waals surface area (Å²) >= 11 is 0.171. The molecule has 2 nitrogen and oxygen atoms in total. The van der Waals surface area contributed by atoms with Gasteiger partial charge in [-0.25, -0.2) is 4.79 Å². The third kappa shape index (κ3) is 2.70. The van der Waals surface area contributed by atoms with Gasteiger partial charge in [-0.3, -0.25) is 0 Å². The van der Waals surface area contributed by atoms with Crippen LogP contribution in [0.15, 0.2) is 35.2 Å². The Labute approximate surface area is 84.3 Å². The van der Waals surface area contributed by atoms with Gasteiger partial charge in [0.2, 0.25) is 0 Å². The number of carbonyl (C=O) groups excluding carboxylic acids is 1. The molecular weight excluding hydrogens is 210 g/mol. The van der Waals surface area contributed by atoms with E-state index in [1.807, 2.05) is 0 Å². The van der Waals surface area contributed by atoms with E-state index in [9.17, 15) is 13.6 Å². The van der Waals surface area contributed by atoms with E-state index in [1.165, 1.54) is 12.1 Å². The topological polar surface area (TPSA) is 26.3 Å². The smallest absolute Gasteiger partial charge is 0.393 e. The van der Waals surface area contributed by atoms with Crippen LogP contribution < -0.4 is 0 Å². The summed E-state index contributed by atoms with van der Waals surface area (Å²) in [6, 6.07) is 7.95. The first-order valence-corrected chi connectivity index (χ1v) is 4.58. The van der Waals surface area contributed by atoms with Crippen molar-refractivity contribution in [2.45, 2.75) is 10.2 Å². The number of esters is 1. The molecule has 0 aromatic heterocycles. The first-order chi connectivity index (χ1) is 6.56. The van der Waals surface area contributed by atoms with Crippen molar-refractivity contribution in [3.63, 3.8) is 0 Å². The van der Waals surface area contributed by atoms with Gasteiger partial charge in [-0.2, -0.15) is 8.78 Å². The summed E-state index contributed by atoms with van der Waals surface area (Å²) in [6.45, 7) is 0. The van der Waals surface area contributed by atoms with E-state index in [0.717, 1.165) is 7.11 Å². The maximum atomic E-state index is 13.0. The van der Waals surface area contributed by atoms with Crippen molar-refractivity contribution in [1.82, 2.24) is 0 Å². The van der Waals surface area contributed by atoms with Crippen LogP contribution in [-0.2, 0) is 9.53 Å². The van der Waals surface area contributed by atoms with Gasteiger partial charge >= 0.3 is 11.2 Å². The lowest BCUT2D eigenvalue weighted by Crippen LogP contribution is -2.25. The predicted molar refractivity (Wildman–Crippen MR) is 49.3 cm³/mol. The summed E-state index contributed by atoms with van der Waals surface area (Å²) in [5, 5.41) is -3.53. The fourth-order valence-corrected chi connectivity index (χ4v) is 1.55. The Kier molecular flexibility index (Phi) is 3.46. The molecule has 0 amide bonds. The highest BCUT2D eigenvalue weighted by Crippen LogP contribution is 2.36. The first kappa shape index (κ1) is 11.0. The van der Waals surface area contributed by atoms with Crippen molar-refractivity contribution in [3.8, 4) is 0 Å². The molecule has 1 rings (SSSR count). The fraction of sp³-hybridized carbons (Fsp3) is 0.222. The zero-order valence-corrected chi connectivity index (χ0v) is 8.18. The summed E-state index contributed by atoms with van der Waals surface area (Å²) < 4.78 is 30.0. The third-order valence-corrected chi connectivity index (χ3v) is 2.34. The summed E-state index contributed by atoms with van der Waals surface area (Å²) in [6.07, 6.45) is 0. The molecular formula is C9H8F2O2S. The highest BCUT2D eigenvalue weighted by atomic mass is 32.2. The number of ether oxygens (including phenoxy) is 1. The number of benzene rings is 1. The van der Waals surface area contributed by atoms with Gasteiger partial charge in [-0.1, -0.05) is 18.2 Å². The summed E-state index contributed by atoms with van der Waals surface area (Å²) in [5.41, 5.74) is 0. The van der Waals surface area contributed by atoms with Crippen LogP contribution in [0.5, 0.6) is 0 Å². The molecule has 0 saturated carbocycles.